The van der Waals surface area contributed by atoms with Gasteiger partial charge in [-0.3, -0.25) is 4.79 Å². The summed E-state index contributed by atoms with van der Waals surface area (Å²) in [6.45, 7) is 4.33. The third kappa shape index (κ3) is 2.08. The molecule has 1 atom stereocenters. The number of rotatable bonds is 4. The molecule has 17 heavy (non-hydrogen) atoms. The Hall–Kier alpha value is -1.31. The molecule has 2 nitrogen and oxygen atoms in total. The predicted molar refractivity (Wildman–Crippen MR) is 67.8 cm³/mol. The van der Waals surface area contributed by atoms with E-state index >= 15 is 0 Å². The number of carbonyl (C=O) groups excluding carboxylic acids is 1. The zero-order chi connectivity index (χ0) is 12.3. The van der Waals surface area contributed by atoms with Crippen LogP contribution in [0.1, 0.15) is 38.7 Å². The van der Waals surface area contributed by atoms with Crippen molar-refractivity contribution in [2.24, 2.45) is 5.92 Å². The third-order valence-corrected chi connectivity index (χ3v) is 4.06. The van der Waals surface area contributed by atoms with E-state index in [0.717, 1.165) is 12.8 Å². The first kappa shape index (κ1) is 12.2. The molecule has 1 aromatic rings. The maximum absolute atomic E-state index is 11.9. The van der Waals surface area contributed by atoms with Crippen molar-refractivity contribution in [1.29, 1.82) is 0 Å². The second-order valence-electron chi connectivity index (χ2n) is 4.85. The van der Waals surface area contributed by atoms with Crippen molar-refractivity contribution in [2.45, 2.75) is 38.5 Å². The van der Waals surface area contributed by atoms with Gasteiger partial charge in [-0.05, 0) is 25.3 Å². The van der Waals surface area contributed by atoms with Crippen LogP contribution in [0.5, 0.6) is 0 Å². The van der Waals surface area contributed by atoms with Crippen LogP contribution in [0.4, 0.5) is 0 Å². The topological polar surface area (TPSA) is 26.3 Å². The Balaban J connectivity index is 2.23. The van der Waals surface area contributed by atoms with Crippen LogP contribution >= 0.6 is 0 Å². The first-order valence-electron chi connectivity index (χ1n) is 6.43. The molecule has 0 aliphatic heterocycles. The van der Waals surface area contributed by atoms with E-state index in [9.17, 15) is 4.79 Å². The van der Waals surface area contributed by atoms with Crippen molar-refractivity contribution < 1.29 is 9.53 Å². The van der Waals surface area contributed by atoms with Gasteiger partial charge in [0.05, 0.1) is 12.5 Å². The molecular weight excluding hydrogens is 212 g/mol. The standard InChI is InChI=1S/C15H20O2/c1-3-17-14(16)12(2)15(10-7-11-15)13-8-5-4-6-9-13/h4-6,8-9,12H,3,7,10-11H2,1-2H3. The van der Waals surface area contributed by atoms with Crippen LogP contribution in [0.2, 0.25) is 0 Å². The minimum Gasteiger partial charge on any atom is -0.466 e. The quantitative estimate of drug-likeness (QED) is 0.744. The van der Waals surface area contributed by atoms with Crippen LogP contribution in [0.25, 0.3) is 0 Å². The normalized spacial score (nSPS) is 19.2. The second-order valence-corrected chi connectivity index (χ2v) is 4.85. The van der Waals surface area contributed by atoms with Crippen molar-refractivity contribution in [2.75, 3.05) is 6.61 Å². The fourth-order valence-electron chi connectivity index (χ4n) is 2.79. The van der Waals surface area contributed by atoms with E-state index in [1.165, 1.54) is 12.0 Å². The van der Waals surface area contributed by atoms with E-state index < -0.39 is 0 Å². The van der Waals surface area contributed by atoms with Crippen LogP contribution < -0.4 is 0 Å². The van der Waals surface area contributed by atoms with E-state index in [4.69, 9.17) is 4.74 Å². The molecule has 1 unspecified atom stereocenters. The Morgan fingerprint density at radius 2 is 2.00 bits per heavy atom. The van der Waals surface area contributed by atoms with Gasteiger partial charge in [-0.2, -0.15) is 0 Å². The first-order chi connectivity index (χ1) is 8.20. The lowest BCUT2D eigenvalue weighted by molar-refractivity contribution is -0.151. The number of ether oxygens (including phenoxy) is 1. The van der Waals surface area contributed by atoms with E-state index in [1.807, 2.05) is 32.0 Å². The van der Waals surface area contributed by atoms with Crippen LogP contribution in [0.3, 0.4) is 0 Å². The highest BCUT2D eigenvalue weighted by Gasteiger charge is 2.46. The van der Waals surface area contributed by atoms with Crippen LogP contribution in [-0.2, 0) is 14.9 Å². The monoisotopic (exact) mass is 232 g/mol. The summed E-state index contributed by atoms with van der Waals surface area (Å²) in [5.74, 6) is -0.102. The van der Waals surface area contributed by atoms with Crippen molar-refractivity contribution >= 4 is 5.97 Å². The van der Waals surface area contributed by atoms with Crippen molar-refractivity contribution in [3.05, 3.63) is 35.9 Å². The largest absolute Gasteiger partial charge is 0.466 e. The molecule has 92 valence electrons. The maximum atomic E-state index is 11.9. The number of benzene rings is 1. The average molecular weight is 232 g/mol. The lowest BCUT2D eigenvalue weighted by Gasteiger charge is -2.46. The summed E-state index contributed by atoms with van der Waals surface area (Å²) >= 11 is 0. The molecule has 1 aliphatic carbocycles. The highest BCUT2D eigenvalue weighted by Crippen LogP contribution is 2.49. The molecule has 1 aliphatic rings. The zero-order valence-electron chi connectivity index (χ0n) is 10.6. The zero-order valence-corrected chi connectivity index (χ0v) is 10.6. The molecule has 1 saturated carbocycles. The van der Waals surface area contributed by atoms with Crippen LogP contribution in [-0.4, -0.2) is 12.6 Å². The number of carbonyl (C=O) groups is 1. The molecule has 2 heteroatoms. The molecule has 0 aromatic heterocycles. The molecule has 0 heterocycles. The van der Waals surface area contributed by atoms with Gasteiger partial charge in [0.2, 0.25) is 0 Å². The Kier molecular flexibility index (Phi) is 3.51. The fraction of sp³-hybridized carbons (Fsp3) is 0.533. The van der Waals surface area contributed by atoms with Gasteiger partial charge in [0.1, 0.15) is 0 Å². The Morgan fingerprint density at radius 3 is 2.47 bits per heavy atom. The summed E-state index contributed by atoms with van der Waals surface area (Å²) < 4.78 is 5.17. The minimum atomic E-state index is -0.0592. The summed E-state index contributed by atoms with van der Waals surface area (Å²) in [6, 6.07) is 10.4. The summed E-state index contributed by atoms with van der Waals surface area (Å²) in [5, 5.41) is 0. The van der Waals surface area contributed by atoms with Gasteiger partial charge in [0, 0.05) is 5.41 Å². The molecule has 0 N–H and O–H groups in total. The predicted octanol–water partition coefficient (Wildman–Crippen LogP) is 3.31. The van der Waals surface area contributed by atoms with Gasteiger partial charge < -0.3 is 4.74 Å². The molecule has 0 radical (unpaired) electrons. The van der Waals surface area contributed by atoms with Gasteiger partial charge in [-0.15, -0.1) is 0 Å². The van der Waals surface area contributed by atoms with E-state index in [2.05, 4.69) is 12.1 Å². The maximum Gasteiger partial charge on any atom is 0.309 e. The molecule has 0 spiro atoms. The molecule has 1 aromatic carbocycles. The molecular formula is C15H20O2. The minimum absolute atomic E-state index is 0.0213. The summed E-state index contributed by atoms with van der Waals surface area (Å²) in [6.07, 6.45) is 3.40. The third-order valence-electron chi connectivity index (χ3n) is 4.06. The lowest BCUT2D eigenvalue weighted by Crippen LogP contribution is -2.44. The number of hydrogen-bond acceptors (Lipinski definition) is 2. The molecule has 0 saturated heterocycles. The smallest absolute Gasteiger partial charge is 0.309 e. The van der Waals surface area contributed by atoms with Crippen LogP contribution in [0, 0.1) is 5.92 Å². The van der Waals surface area contributed by atoms with Gasteiger partial charge >= 0.3 is 5.97 Å². The van der Waals surface area contributed by atoms with Gasteiger partial charge in [0.25, 0.3) is 0 Å². The van der Waals surface area contributed by atoms with Gasteiger partial charge in [-0.1, -0.05) is 43.7 Å². The van der Waals surface area contributed by atoms with Gasteiger partial charge in [0.15, 0.2) is 0 Å². The summed E-state index contributed by atoms with van der Waals surface area (Å²) in [7, 11) is 0. The Morgan fingerprint density at radius 1 is 1.35 bits per heavy atom. The van der Waals surface area contributed by atoms with Crippen molar-refractivity contribution in [3.63, 3.8) is 0 Å². The lowest BCUT2D eigenvalue weighted by atomic mass is 9.58. The van der Waals surface area contributed by atoms with Crippen molar-refractivity contribution in [3.8, 4) is 0 Å². The molecule has 0 amide bonds. The fourth-order valence-corrected chi connectivity index (χ4v) is 2.79. The van der Waals surface area contributed by atoms with E-state index in [-0.39, 0.29) is 17.3 Å². The Bertz CT molecular complexity index is 379. The summed E-state index contributed by atoms with van der Waals surface area (Å²) in [4.78, 5) is 11.9. The molecule has 0 bridgehead atoms. The summed E-state index contributed by atoms with van der Waals surface area (Å²) in [5.41, 5.74) is 1.31. The van der Waals surface area contributed by atoms with Crippen molar-refractivity contribution in [1.82, 2.24) is 0 Å². The van der Waals surface area contributed by atoms with E-state index in [0.29, 0.717) is 6.61 Å². The Labute approximate surface area is 103 Å². The average Bonchev–Trinajstić information content (AvgIpc) is 2.29. The SMILES string of the molecule is CCOC(=O)C(C)C1(c2ccccc2)CCC1. The highest BCUT2D eigenvalue weighted by atomic mass is 16.5. The number of hydrogen-bond donors (Lipinski definition) is 0. The van der Waals surface area contributed by atoms with E-state index in [1.54, 1.807) is 0 Å². The molecule has 1 fully saturated rings. The highest BCUT2D eigenvalue weighted by molar-refractivity contribution is 5.74. The number of esters is 1. The first-order valence-corrected chi connectivity index (χ1v) is 6.43. The van der Waals surface area contributed by atoms with Gasteiger partial charge in [-0.25, -0.2) is 0 Å². The molecule has 2 rings (SSSR count). The van der Waals surface area contributed by atoms with Crippen LogP contribution in [0.15, 0.2) is 30.3 Å². The second kappa shape index (κ2) is 4.91.